The molecule has 1 aromatic carbocycles. The van der Waals surface area contributed by atoms with Crippen molar-refractivity contribution in [2.45, 2.75) is 25.5 Å². The van der Waals surface area contributed by atoms with Crippen LogP contribution in [0.15, 0.2) is 59.2 Å². The van der Waals surface area contributed by atoms with Crippen molar-refractivity contribution in [3.63, 3.8) is 0 Å². The summed E-state index contributed by atoms with van der Waals surface area (Å²) in [4.78, 5) is 16.7. The Bertz CT molecular complexity index is 799. The second-order valence-corrected chi connectivity index (χ2v) is 5.53. The minimum Gasteiger partial charge on any atom is -0.467 e. The normalized spacial score (nSPS) is 13.7. The predicted octanol–water partition coefficient (Wildman–Crippen LogP) is 3.07. The van der Waals surface area contributed by atoms with Gasteiger partial charge in [-0.15, -0.1) is 0 Å². The number of para-hydroxylation sites is 1. The molecule has 0 bridgehead atoms. The van der Waals surface area contributed by atoms with E-state index in [1.165, 1.54) is 6.26 Å². The van der Waals surface area contributed by atoms with Crippen molar-refractivity contribution in [2.24, 2.45) is 0 Å². The zero-order valence-corrected chi connectivity index (χ0v) is 12.8. The van der Waals surface area contributed by atoms with Crippen molar-refractivity contribution < 1.29 is 14.3 Å². The number of nitrogens with one attached hydrogen (secondary N) is 1. The first-order chi connectivity index (χ1) is 11.1. The van der Waals surface area contributed by atoms with E-state index < -0.39 is 6.10 Å². The van der Waals surface area contributed by atoms with Gasteiger partial charge in [0.15, 0.2) is 0 Å². The molecule has 23 heavy (non-hydrogen) atoms. The summed E-state index contributed by atoms with van der Waals surface area (Å²) in [7, 11) is 0. The number of hydrogen-bond donors (Lipinski definition) is 2. The Kier molecular flexibility index (Phi) is 4.39. The van der Waals surface area contributed by atoms with E-state index in [1.54, 1.807) is 18.2 Å². The van der Waals surface area contributed by atoms with Gasteiger partial charge in [0.1, 0.15) is 17.6 Å². The van der Waals surface area contributed by atoms with Crippen LogP contribution in [0.2, 0.25) is 0 Å². The highest BCUT2D eigenvalue weighted by atomic mass is 16.4. The van der Waals surface area contributed by atoms with Crippen LogP contribution in [0, 0.1) is 0 Å². The maximum absolute atomic E-state index is 12.3. The number of aromatic nitrogens is 1. The van der Waals surface area contributed by atoms with Crippen molar-refractivity contribution in [3.8, 4) is 0 Å². The molecule has 0 aliphatic heterocycles. The van der Waals surface area contributed by atoms with Crippen LogP contribution in [0.25, 0.3) is 10.9 Å². The Labute approximate surface area is 134 Å². The fourth-order valence-electron chi connectivity index (χ4n) is 2.48. The minimum atomic E-state index is -0.745. The van der Waals surface area contributed by atoms with Crippen molar-refractivity contribution >= 4 is 16.8 Å². The first kappa shape index (κ1) is 15.2. The number of nitrogens with zero attached hydrogens (tertiary/aromatic N) is 1. The lowest BCUT2D eigenvalue weighted by Gasteiger charge is -2.16. The van der Waals surface area contributed by atoms with Gasteiger partial charge in [0, 0.05) is 17.8 Å². The number of fused-ring (bicyclic) bond motifs is 1. The molecule has 0 aliphatic carbocycles. The van der Waals surface area contributed by atoms with E-state index in [-0.39, 0.29) is 11.9 Å². The molecule has 5 heteroatoms. The number of aliphatic hydroxyl groups is 1. The molecular formula is C18H18N2O3. The molecule has 0 spiro atoms. The molecule has 2 N–H and O–H groups in total. The standard InChI is InChI=1S/C18H18N2O3/c1-12(11-16(21)17-7-4-10-23-17)19-18(22)15-9-8-13-5-2-3-6-14(13)20-15/h2-10,12,16,21H,11H2,1H3,(H,19,22). The van der Waals surface area contributed by atoms with E-state index in [2.05, 4.69) is 10.3 Å². The maximum atomic E-state index is 12.3. The minimum absolute atomic E-state index is 0.212. The Hall–Kier alpha value is -2.66. The summed E-state index contributed by atoms with van der Waals surface area (Å²) in [5.41, 5.74) is 1.14. The van der Waals surface area contributed by atoms with E-state index in [0.717, 1.165) is 10.9 Å². The Morgan fingerprint density at radius 1 is 1.22 bits per heavy atom. The molecule has 2 unspecified atom stereocenters. The third-order valence-corrected chi connectivity index (χ3v) is 3.66. The fourth-order valence-corrected chi connectivity index (χ4v) is 2.48. The van der Waals surface area contributed by atoms with Crippen LogP contribution >= 0.6 is 0 Å². The number of carbonyl (C=O) groups is 1. The smallest absolute Gasteiger partial charge is 0.270 e. The molecular weight excluding hydrogens is 292 g/mol. The van der Waals surface area contributed by atoms with Crippen molar-refractivity contribution in [3.05, 3.63) is 66.2 Å². The highest BCUT2D eigenvalue weighted by Gasteiger charge is 2.17. The number of rotatable bonds is 5. The summed E-state index contributed by atoms with van der Waals surface area (Å²) >= 11 is 0. The van der Waals surface area contributed by atoms with Crippen LogP contribution < -0.4 is 5.32 Å². The summed E-state index contributed by atoms with van der Waals surface area (Å²) < 4.78 is 5.16. The molecule has 0 aliphatic rings. The van der Waals surface area contributed by atoms with Crippen LogP contribution in [0.1, 0.15) is 35.7 Å². The molecule has 3 rings (SSSR count). The summed E-state index contributed by atoms with van der Waals surface area (Å²) in [6.45, 7) is 1.84. The third-order valence-electron chi connectivity index (χ3n) is 3.66. The van der Waals surface area contributed by atoms with Gasteiger partial charge in [-0.2, -0.15) is 0 Å². The molecule has 0 saturated carbocycles. The lowest BCUT2D eigenvalue weighted by Crippen LogP contribution is -2.34. The van der Waals surface area contributed by atoms with Crippen LogP contribution in [0.3, 0.4) is 0 Å². The van der Waals surface area contributed by atoms with Gasteiger partial charge in [-0.05, 0) is 31.2 Å². The summed E-state index contributed by atoms with van der Waals surface area (Å²) in [5, 5.41) is 13.9. The van der Waals surface area contributed by atoms with Gasteiger partial charge < -0.3 is 14.8 Å². The van der Waals surface area contributed by atoms with Gasteiger partial charge in [-0.25, -0.2) is 4.98 Å². The fraction of sp³-hybridized carbons (Fsp3) is 0.222. The second-order valence-electron chi connectivity index (χ2n) is 5.53. The topological polar surface area (TPSA) is 75.4 Å². The van der Waals surface area contributed by atoms with Gasteiger partial charge >= 0.3 is 0 Å². The molecule has 2 heterocycles. The van der Waals surface area contributed by atoms with Gasteiger partial charge in [-0.1, -0.05) is 24.3 Å². The number of furan rings is 1. The lowest BCUT2D eigenvalue weighted by molar-refractivity contribution is 0.0898. The number of pyridine rings is 1. The quantitative estimate of drug-likeness (QED) is 0.759. The molecule has 3 aromatic rings. The summed E-state index contributed by atoms with van der Waals surface area (Å²) in [6.07, 6.45) is 1.14. The zero-order chi connectivity index (χ0) is 16.2. The summed E-state index contributed by atoms with van der Waals surface area (Å²) in [6, 6.07) is 14.4. The highest BCUT2D eigenvalue weighted by molar-refractivity contribution is 5.95. The first-order valence-corrected chi connectivity index (χ1v) is 7.51. The van der Waals surface area contributed by atoms with Gasteiger partial charge in [-0.3, -0.25) is 4.79 Å². The van der Waals surface area contributed by atoms with E-state index in [4.69, 9.17) is 4.42 Å². The largest absolute Gasteiger partial charge is 0.467 e. The lowest BCUT2D eigenvalue weighted by atomic mass is 10.1. The van der Waals surface area contributed by atoms with E-state index in [1.807, 2.05) is 37.3 Å². The number of amides is 1. The van der Waals surface area contributed by atoms with Gasteiger partial charge in [0.2, 0.25) is 0 Å². The van der Waals surface area contributed by atoms with E-state index in [0.29, 0.717) is 17.9 Å². The van der Waals surface area contributed by atoms with Crippen molar-refractivity contribution in [2.75, 3.05) is 0 Å². The van der Waals surface area contributed by atoms with E-state index in [9.17, 15) is 9.90 Å². The number of aliphatic hydroxyl groups excluding tert-OH is 1. The molecule has 1 amide bonds. The SMILES string of the molecule is CC(CC(O)c1ccco1)NC(=O)c1ccc2ccccc2n1. The van der Waals surface area contributed by atoms with Gasteiger partial charge in [0.05, 0.1) is 11.8 Å². The average Bonchev–Trinajstić information content (AvgIpc) is 3.08. The van der Waals surface area contributed by atoms with Gasteiger partial charge in [0.25, 0.3) is 5.91 Å². The summed E-state index contributed by atoms with van der Waals surface area (Å²) in [5.74, 6) is 0.241. The van der Waals surface area contributed by atoms with Crippen molar-refractivity contribution in [1.82, 2.24) is 10.3 Å². The number of carbonyl (C=O) groups excluding carboxylic acids is 1. The van der Waals surface area contributed by atoms with E-state index >= 15 is 0 Å². The average molecular weight is 310 g/mol. The second kappa shape index (κ2) is 6.62. The Morgan fingerprint density at radius 3 is 2.83 bits per heavy atom. The van der Waals surface area contributed by atoms with Crippen LogP contribution in [-0.2, 0) is 0 Å². The van der Waals surface area contributed by atoms with Crippen molar-refractivity contribution in [1.29, 1.82) is 0 Å². The zero-order valence-electron chi connectivity index (χ0n) is 12.8. The Morgan fingerprint density at radius 2 is 2.04 bits per heavy atom. The molecule has 0 saturated heterocycles. The Balaban J connectivity index is 1.65. The number of benzene rings is 1. The van der Waals surface area contributed by atoms with Crippen LogP contribution in [0.4, 0.5) is 0 Å². The predicted molar refractivity (Wildman–Crippen MR) is 87.0 cm³/mol. The molecule has 0 fully saturated rings. The highest BCUT2D eigenvalue weighted by Crippen LogP contribution is 2.18. The maximum Gasteiger partial charge on any atom is 0.270 e. The number of hydrogen-bond acceptors (Lipinski definition) is 4. The molecule has 0 radical (unpaired) electrons. The third kappa shape index (κ3) is 3.57. The molecule has 2 atom stereocenters. The van der Waals surface area contributed by atoms with Crippen LogP contribution in [0.5, 0.6) is 0 Å². The molecule has 5 nitrogen and oxygen atoms in total. The van der Waals surface area contributed by atoms with Crippen LogP contribution in [-0.4, -0.2) is 22.0 Å². The first-order valence-electron chi connectivity index (χ1n) is 7.51. The monoisotopic (exact) mass is 310 g/mol. The molecule has 2 aromatic heterocycles. The molecule has 118 valence electrons.